The smallest absolute Gasteiger partial charge is 0.137 e. The van der Waals surface area contributed by atoms with Gasteiger partial charge in [-0.05, 0) is 30.5 Å². The Kier molecular flexibility index (Phi) is 4.88. The molecule has 1 N–H and O–H groups in total. The first-order valence-electron chi connectivity index (χ1n) is 10.1. The second-order valence-electron chi connectivity index (χ2n) is 7.45. The van der Waals surface area contributed by atoms with Crippen molar-refractivity contribution in [3.63, 3.8) is 0 Å². The Labute approximate surface area is 170 Å². The van der Waals surface area contributed by atoms with Crippen LogP contribution in [0, 0.1) is 0 Å². The van der Waals surface area contributed by atoms with Gasteiger partial charge in [-0.3, -0.25) is 9.88 Å². The molecule has 0 spiro atoms. The Hall–Kier alpha value is -3.31. The van der Waals surface area contributed by atoms with Crippen LogP contribution in [0.5, 0.6) is 0 Å². The minimum Gasteiger partial charge on any atom is -0.339 e. The quantitative estimate of drug-likeness (QED) is 0.556. The molecule has 0 aliphatic carbocycles. The van der Waals surface area contributed by atoms with Gasteiger partial charge < -0.3 is 5.32 Å². The van der Waals surface area contributed by atoms with E-state index in [1.807, 2.05) is 24.4 Å². The molecule has 5 rings (SSSR count). The Morgan fingerprint density at radius 1 is 0.931 bits per heavy atom. The molecule has 29 heavy (non-hydrogen) atoms. The summed E-state index contributed by atoms with van der Waals surface area (Å²) in [4.78, 5) is 16.1. The van der Waals surface area contributed by atoms with Crippen molar-refractivity contribution in [3.05, 3.63) is 90.0 Å². The van der Waals surface area contributed by atoms with Crippen molar-refractivity contribution in [1.29, 1.82) is 0 Å². The van der Waals surface area contributed by atoms with Gasteiger partial charge in [0.15, 0.2) is 0 Å². The number of fused-ring (bicyclic) bond motifs is 2. The lowest BCUT2D eigenvalue weighted by Gasteiger charge is -2.28. The van der Waals surface area contributed by atoms with E-state index in [1.165, 1.54) is 11.1 Å². The molecule has 1 aliphatic heterocycles. The summed E-state index contributed by atoms with van der Waals surface area (Å²) in [5, 5.41) is 4.58. The van der Waals surface area contributed by atoms with Crippen LogP contribution in [-0.2, 0) is 19.4 Å². The predicted octanol–water partition coefficient (Wildman–Crippen LogP) is 4.37. The van der Waals surface area contributed by atoms with Gasteiger partial charge in [0, 0.05) is 30.6 Å². The summed E-state index contributed by atoms with van der Waals surface area (Å²) >= 11 is 0. The highest BCUT2D eigenvalue weighted by molar-refractivity contribution is 5.82. The molecule has 0 saturated carbocycles. The number of nitrogens with one attached hydrogen (secondary N) is 1. The summed E-state index contributed by atoms with van der Waals surface area (Å²) < 4.78 is 0. The molecule has 0 bridgehead atoms. The predicted molar refractivity (Wildman–Crippen MR) is 116 cm³/mol. The van der Waals surface area contributed by atoms with E-state index < -0.39 is 0 Å². The van der Waals surface area contributed by atoms with E-state index in [1.54, 1.807) is 6.33 Å². The monoisotopic (exact) mass is 381 g/mol. The molecule has 2 aromatic heterocycles. The van der Waals surface area contributed by atoms with Crippen molar-refractivity contribution < 1.29 is 0 Å². The SMILES string of the molecule is c1ccc(CCN2CCc3c(ncnc3Nc3cnc4ccccc4c3)C2)cc1. The lowest BCUT2D eigenvalue weighted by molar-refractivity contribution is 0.253. The third-order valence-corrected chi connectivity index (χ3v) is 5.50. The van der Waals surface area contributed by atoms with Gasteiger partial charge in [0.05, 0.1) is 23.1 Å². The molecule has 2 aromatic carbocycles. The first-order valence-corrected chi connectivity index (χ1v) is 10.1. The van der Waals surface area contributed by atoms with Crippen LogP contribution in [0.1, 0.15) is 16.8 Å². The third kappa shape index (κ3) is 3.96. The maximum atomic E-state index is 4.57. The third-order valence-electron chi connectivity index (χ3n) is 5.50. The second-order valence-corrected chi connectivity index (χ2v) is 7.45. The number of hydrogen-bond donors (Lipinski definition) is 1. The normalized spacial score (nSPS) is 13.9. The van der Waals surface area contributed by atoms with Crippen LogP contribution >= 0.6 is 0 Å². The summed E-state index contributed by atoms with van der Waals surface area (Å²) in [7, 11) is 0. The van der Waals surface area contributed by atoms with E-state index in [0.717, 1.165) is 60.6 Å². The molecule has 0 saturated heterocycles. The van der Waals surface area contributed by atoms with Crippen molar-refractivity contribution >= 4 is 22.4 Å². The number of aromatic nitrogens is 3. The summed E-state index contributed by atoms with van der Waals surface area (Å²) in [5.41, 5.74) is 5.67. The van der Waals surface area contributed by atoms with Gasteiger partial charge in [-0.15, -0.1) is 0 Å². The highest BCUT2D eigenvalue weighted by Gasteiger charge is 2.20. The van der Waals surface area contributed by atoms with Crippen LogP contribution in [-0.4, -0.2) is 32.9 Å². The molecule has 0 radical (unpaired) electrons. The summed E-state index contributed by atoms with van der Waals surface area (Å²) in [6, 6.07) is 20.9. The highest BCUT2D eigenvalue weighted by atomic mass is 15.1. The number of pyridine rings is 1. The van der Waals surface area contributed by atoms with Gasteiger partial charge in [-0.1, -0.05) is 48.5 Å². The highest BCUT2D eigenvalue weighted by Crippen LogP contribution is 2.26. The summed E-state index contributed by atoms with van der Waals surface area (Å²) in [6.45, 7) is 2.94. The summed E-state index contributed by atoms with van der Waals surface area (Å²) in [6.07, 6.45) is 5.55. The average Bonchev–Trinajstić information content (AvgIpc) is 2.78. The molecule has 0 fully saturated rings. The van der Waals surface area contributed by atoms with Crippen LogP contribution in [0.4, 0.5) is 11.5 Å². The molecular weight excluding hydrogens is 358 g/mol. The van der Waals surface area contributed by atoms with Gasteiger partial charge in [-0.2, -0.15) is 0 Å². The average molecular weight is 381 g/mol. The Morgan fingerprint density at radius 2 is 1.79 bits per heavy atom. The Balaban J connectivity index is 1.31. The number of benzene rings is 2. The van der Waals surface area contributed by atoms with Crippen LogP contribution < -0.4 is 5.32 Å². The fraction of sp³-hybridized carbons (Fsp3) is 0.208. The van der Waals surface area contributed by atoms with Crippen molar-refractivity contribution in [2.45, 2.75) is 19.4 Å². The number of rotatable bonds is 5. The van der Waals surface area contributed by atoms with E-state index in [2.05, 4.69) is 67.6 Å². The van der Waals surface area contributed by atoms with Crippen molar-refractivity contribution in [1.82, 2.24) is 19.9 Å². The van der Waals surface area contributed by atoms with E-state index in [9.17, 15) is 0 Å². The first-order chi connectivity index (χ1) is 14.3. The largest absolute Gasteiger partial charge is 0.339 e. The second kappa shape index (κ2) is 7.97. The molecule has 3 heterocycles. The minimum atomic E-state index is 0.870. The Morgan fingerprint density at radius 3 is 2.72 bits per heavy atom. The lowest BCUT2D eigenvalue weighted by atomic mass is 10.0. The van der Waals surface area contributed by atoms with Gasteiger partial charge >= 0.3 is 0 Å². The zero-order valence-corrected chi connectivity index (χ0v) is 16.3. The number of para-hydroxylation sites is 1. The maximum Gasteiger partial charge on any atom is 0.137 e. The zero-order chi connectivity index (χ0) is 19.5. The molecule has 0 unspecified atom stereocenters. The standard InChI is InChI=1S/C24H23N5/c1-2-6-18(7-3-1)10-12-29-13-11-21-23(16-29)26-17-27-24(21)28-20-14-19-8-4-5-9-22(19)25-15-20/h1-9,14-15,17H,10-13,16H2,(H,26,27,28). The lowest BCUT2D eigenvalue weighted by Crippen LogP contribution is -2.33. The number of nitrogens with zero attached hydrogens (tertiary/aromatic N) is 4. The van der Waals surface area contributed by atoms with E-state index in [4.69, 9.17) is 0 Å². The van der Waals surface area contributed by atoms with Crippen LogP contribution in [0.3, 0.4) is 0 Å². The first kappa shape index (κ1) is 17.8. The maximum absolute atomic E-state index is 4.57. The van der Waals surface area contributed by atoms with Gasteiger partial charge in [-0.25, -0.2) is 9.97 Å². The molecule has 5 nitrogen and oxygen atoms in total. The van der Waals surface area contributed by atoms with Crippen LogP contribution in [0.25, 0.3) is 10.9 Å². The van der Waals surface area contributed by atoms with Crippen LogP contribution in [0.2, 0.25) is 0 Å². The van der Waals surface area contributed by atoms with Crippen molar-refractivity contribution in [3.8, 4) is 0 Å². The van der Waals surface area contributed by atoms with Gasteiger partial charge in [0.2, 0.25) is 0 Å². The molecule has 5 heteroatoms. The zero-order valence-electron chi connectivity index (χ0n) is 16.3. The molecule has 0 amide bonds. The number of hydrogen-bond acceptors (Lipinski definition) is 5. The van der Waals surface area contributed by atoms with Crippen molar-refractivity contribution in [2.75, 3.05) is 18.4 Å². The number of anilines is 2. The van der Waals surface area contributed by atoms with Crippen LogP contribution in [0.15, 0.2) is 73.2 Å². The van der Waals surface area contributed by atoms with Gasteiger partial charge in [0.1, 0.15) is 12.1 Å². The van der Waals surface area contributed by atoms with E-state index >= 15 is 0 Å². The topological polar surface area (TPSA) is 53.9 Å². The summed E-state index contributed by atoms with van der Waals surface area (Å²) in [5.74, 6) is 0.898. The fourth-order valence-electron chi connectivity index (χ4n) is 3.92. The van der Waals surface area contributed by atoms with E-state index in [-0.39, 0.29) is 0 Å². The molecule has 4 aromatic rings. The molecule has 1 aliphatic rings. The molecule has 0 atom stereocenters. The molecular formula is C24H23N5. The molecule has 144 valence electrons. The minimum absolute atomic E-state index is 0.870. The Bertz CT molecular complexity index is 1130. The van der Waals surface area contributed by atoms with Crippen molar-refractivity contribution in [2.24, 2.45) is 0 Å². The fourth-order valence-corrected chi connectivity index (χ4v) is 3.92. The van der Waals surface area contributed by atoms with E-state index in [0.29, 0.717) is 0 Å². The van der Waals surface area contributed by atoms with Gasteiger partial charge in [0.25, 0.3) is 0 Å².